The van der Waals surface area contributed by atoms with Gasteiger partial charge in [-0.25, -0.2) is 0 Å². The maximum absolute atomic E-state index is 2.41. The molecule has 4 heteroatoms. The first-order chi connectivity index (χ1) is 31.8. The zero-order chi connectivity index (χ0) is 42.4. The molecular formula is C60H44N4. The molecule has 11 aromatic rings. The molecule has 2 aromatic heterocycles. The summed E-state index contributed by atoms with van der Waals surface area (Å²) in [6.45, 7) is 0. The van der Waals surface area contributed by atoms with Crippen LogP contribution in [0.5, 0.6) is 0 Å². The molecule has 2 heterocycles. The predicted molar refractivity (Wildman–Crippen MR) is 270 cm³/mol. The maximum Gasteiger partial charge on any atom is 0.0541 e. The zero-order valence-corrected chi connectivity index (χ0v) is 35.3. The number of rotatable bonds is 9. The van der Waals surface area contributed by atoms with Crippen LogP contribution in [-0.4, -0.2) is 9.13 Å². The van der Waals surface area contributed by atoms with Crippen LogP contribution in [0.2, 0.25) is 0 Å². The molecule has 0 radical (unpaired) electrons. The van der Waals surface area contributed by atoms with Gasteiger partial charge >= 0.3 is 0 Å². The van der Waals surface area contributed by atoms with E-state index in [1.807, 2.05) is 0 Å². The minimum atomic E-state index is 1.01. The van der Waals surface area contributed by atoms with Gasteiger partial charge in [-0.1, -0.05) is 115 Å². The van der Waals surface area contributed by atoms with Gasteiger partial charge < -0.3 is 18.9 Å². The highest BCUT2D eigenvalue weighted by Crippen LogP contribution is 2.41. The molecular weight excluding hydrogens is 777 g/mol. The van der Waals surface area contributed by atoms with E-state index in [1.165, 1.54) is 66.1 Å². The fraction of sp³-hybridized carbons (Fsp3) is 0.0333. The molecule has 0 N–H and O–H groups in total. The van der Waals surface area contributed by atoms with Gasteiger partial charge in [-0.3, -0.25) is 0 Å². The van der Waals surface area contributed by atoms with Gasteiger partial charge in [0.25, 0.3) is 0 Å². The number of nitrogens with zero attached hydrogens (tertiary/aromatic N) is 4. The molecule has 0 atom stereocenters. The number of fused-ring (bicyclic) bond motifs is 6. The summed E-state index contributed by atoms with van der Waals surface area (Å²) in [5.74, 6) is 0. The van der Waals surface area contributed by atoms with Crippen molar-refractivity contribution >= 4 is 72.0 Å². The van der Waals surface area contributed by atoms with Crippen molar-refractivity contribution in [1.82, 2.24) is 9.13 Å². The van der Waals surface area contributed by atoms with Crippen LogP contribution in [0.1, 0.15) is 12.8 Å². The van der Waals surface area contributed by atoms with Gasteiger partial charge in [0.05, 0.1) is 22.1 Å². The number of allylic oxidation sites excluding steroid dienone is 4. The summed E-state index contributed by atoms with van der Waals surface area (Å²) >= 11 is 0. The van der Waals surface area contributed by atoms with Gasteiger partial charge in [0.1, 0.15) is 0 Å². The Labute approximate surface area is 373 Å². The van der Waals surface area contributed by atoms with Crippen LogP contribution in [0.4, 0.5) is 28.4 Å². The van der Waals surface area contributed by atoms with E-state index in [-0.39, 0.29) is 0 Å². The molecule has 9 aromatic carbocycles. The fourth-order valence-corrected chi connectivity index (χ4v) is 9.80. The van der Waals surface area contributed by atoms with E-state index in [0.717, 1.165) is 47.0 Å². The minimum Gasteiger partial charge on any atom is -0.314 e. The zero-order valence-electron chi connectivity index (χ0n) is 35.3. The van der Waals surface area contributed by atoms with E-state index < -0.39 is 0 Å². The third-order valence-electron chi connectivity index (χ3n) is 12.7. The van der Waals surface area contributed by atoms with E-state index in [0.29, 0.717) is 0 Å². The molecule has 304 valence electrons. The highest BCUT2D eigenvalue weighted by atomic mass is 15.2. The second kappa shape index (κ2) is 15.8. The van der Waals surface area contributed by atoms with E-state index >= 15 is 0 Å². The Hall–Kier alpha value is -8.34. The number of benzene rings is 9. The lowest BCUT2D eigenvalue weighted by atomic mass is 10.0. The Morgan fingerprint density at radius 3 is 1.17 bits per heavy atom. The Morgan fingerprint density at radius 1 is 0.328 bits per heavy atom. The molecule has 0 unspecified atom stereocenters. The summed E-state index contributed by atoms with van der Waals surface area (Å²) < 4.78 is 4.81. The SMILES string of the molecule is C1=CCCC(N(c2ccccc2)c2ccc(-n3c4ccccc4c4cc(-c5ccc6c(c5)c5ccccc5n6-c5ccc(N(c6ccccc6)c6ccccc6)cc5)ccc43)cc2)=C1. The van der Waals surface area contributed by atoms with Crippen LogP contribution in [0.3, 0.4) is 0 Å². The van der Waals surface area contributed by atoms with Crippen LogP contribution < -0.4 is 9.80 Å². The summed E-state index contributed by atoms with van der Waals surface area (Å²) in [4.78, 5) is 4.70. The van der Waals surface area contributed by atoms with Crippen molar-refractivity contribution in [3.8, 4) is 22.5 Å². The number of para-hydroxylation sites is 5. The van der Waals surface area contributed by atoms with Gasteiger partial charge in [-0.05, 0) is 151 Å². The minimum absolute atomic E-state index is 1.01. The largest absolute Gasteiger partial charge is 0.314 e. The Balaban J connectivity index is 0.918. The van der Waals surface area contributed by atoms with Crippen molar-refractivity contribution in [2.75, 3.05) is 9.80 Å². The van der Waals surface area contributed by atoms with E-state index in [9.17, 15) is 0 Å². The van der Waals surface area contributed by atoms with Crippen molar-refractivity contribution in [3.05, 3.63) is 248 Å². The van der Waals surface area contributed by atoms with Gasteiger partial charge in [0.15, 0.2) is 0 Å². The summed E-state index contributed by atoms with van der Waals surface area (Å²) in [6.07, 6.45) is 8.73. The number of aromatic nitrogens is 2. The number of anilines is 5. The summed E-state index contributed by atoms with van der Waals surface area (Å²) in [6, 6.07) is 81.4. The number of hydrogen-bond acceptors (Lipinski definition) is 2. The Kier molecular flexibility index (Phi) is 9.27. The first-order valence-corrected chi connectivity index (χ1v) is 22.2. The van der Waals surface area contributed by atoms with E-state index in [4.69, 9.17) is 0 Å². The number of hydrogen-bond donors (Lipinski definition) is 0. The quantitative estimate of drug-likeness (QED) is 0.144. The molecule has 0 saturated heterocycles. The molecule has 0 amide bonds. The molecule has 1 aliphatic carbocycles. The van der Waals surface area contributed by atoms with Crippen LogP contribution >= 0.6 is 0 Å². The first-order valence-electron chi connectivity index (χ1n) is 22.2. The van der Waals surface area contributed by atoms with Crippen LogP contribution in [-0.2, 0) is 0 Å². The second-order valence-electron chi connectivity index (χ2n) is 16.5. The molecule has 1 aliphatic rings. The predicted octanol–water partition coefficient (Wildman–Crippen LogP) is 16.4. The molecule has 0 saturated carbocycles. The van der Waals surface area contributed by atoms with Crippen LogP contribution in [0, 0.1) is 0 Å². The molecule has 0 spiro atoms. The molecule has 0 fully saturated rings. The third-order valence-corrected chi connectivity index (χ3v) is 12.7. The maximum atomic E-state index is 2.41. The van der Waals surface area contributed by atoms with E-state index in [2.05, 4.69) is 262 Å². The highest BCUT2D eigenvalue weighted by Gasteiger charge is 2.19. The molecule has 0 bridgehead atoms. The summed E-state index contributed by atoms with van der Waals surface area (Å²) in [5.41, 5.74) is 16.4. The molecule has 64 heavy (non-hydrogen) atoms. The molecule has 4 nitrogen and oxygen atoms in total. The monoisotopic (exact) mass is 820 g/mol. The first kappa shape index (κ1) is 37.4. The lowest BCUT2D eigenvalue weighted by Crippen LogP contribution is -2.17. The average molecular weight is 821 g/mol. The van der Waals surface area contributed by atoms with Crippen LogP contribution in [0.25, 0.3) is 66.1 Å². The smallest absolute Gasteiger partial charge is 0.0541 e. The summed E-state index contributed by atoms with van der Waals surface area (Å²) in [7, 11) is 0. The van der Waals surface area contributed by atoms with Crippen LogP contribution in [0.15, 0.2) is 248 Å². The lowest BCUT2D eigenvalue weighted by Gasteiger charge is -2.29. The van der Waals surface area contributed by atoms with Crippen molar-refractivity contribution < 1.29 is 0 Å². The van der Waals surface area contributed by atoms with Crippen molar-refractivity contribution in [2.45, 2.75) is 12.8 Å². The van der Waals surface area contributed by atoms with Gasteiger partial charge in [0.2, 0.25) is 0 Å². The molecule has 12 rings (SSSR count). The van der Waals surface area contributed by atoms with Crippen molar-refractivity contribution in [2.24, 2.45) is 0 Å². The fourth-order valence-electron chi connectivity index (χ4n) is 9.80. The third kappa shape index (κ3) is 6.47. The standard InChI is InChI=1S/C60H44N4/c1-5-17-45(18-6-1)61(46-19-7-2-8-20-46)49-31-35-51(36-32-49)63-57-27-15-13-25-53(57)55-41-43(29-39-59(55)63)44-30-40-60-56(42-44)54-26-14-16-28-58(54)64(60)52-37-33-50(34-38-52)62(47-21-9-3-10-22-47)48-23-11-4-12-24-48/h1-11,13-23,25-42H,12,24H2. The Bertz CT molecular complexity index is 3490. The second-order valence-corrected chi connectivity index (χ2v) is 16.5. The van der Waals surface area contributed by atoms with Crippen molar-refractivity contribution in [3.63, 3.8) is 0 Å². The van der Waals surface area contributed by atoms with Gasteiger partial charge in [-0.2, -0.15) is 0 Å². The highest BCUT2D eigenvalue weighted by molar-refractivity contribution is 6.12. The Morgan fingerprint density at radius 2 is 0.719 bits per heavy atom. The van der Waals surface area contributed by atoms with Crippen molar-refractivity contribution in [1.29, 1.82) is 0 Å². The topological polar surface area (TPSA) is 16.3 Å². The average Bonchev–Trinajstić information content (AvgIpc) is 3.88. The van der Waals surface area contributed by atoms with E-state index in [1.54, 1.807) is 0 Å². The van der Waals surface area contributed by atoms with Gasteiger partial charge in [0, 0.05) is 67.1 Å². The summed E-state index contributed by atoms with van der Waals surface area (Å²) in [5, 5.41) is 4.96. The normalized spacial score (nSPS) is 12.6. The molecule has 0 aliphatic heterocycles. The lowest BCUT2D eigenvalue weighted by molar-refractivity contribution is 0.917. The van der Waals surface area contributed by atoms with Gasteiger partial charge in [-0.15, -0.1) is 0 Å².